The molecule has 1 amide bonds. The Bertz CT molecular complexity index is 414. The number of benzene rings is 1. The molecule has 15 heavy (non-hydrogen) atoms. The monoisotopic (exact) mass is 205 g/mol. The average molecular weight is 205 g/mol. The number of aryl methyl sites for hydroxylation is 2. The van der Waals surface area contributed by atoms with Crippen molar-refractivity contribution in [3.63, 3.8) is 0 Å². The van der Waals surface area contributed by atoms with Crippen molar-refractivity contribution in [1.29, 1.82) is 0 Å². The summed E-state index contributed by atoms with van der Waals surface area (Å²) in [4.78, 5) is 11.1. The molecule has 1 fully saturated rings. The molecule has 80 valence electrons. The minimum atomic E-state index is -0.518. The highest BCUT2D eigenvalue weighted by Crippen LogP contribution is 2.29. The van der Waals surface area contributed by atoms with E-state index in [1.807, 2.05) is 13.0 Å². The molecule has 1 N–H and O–H groups in total. The first-order valence-corrected chi connectivity index (χ1v) is 5.06. The Hall–Kier alpha value is -1.51. The lowest BCUT2D eigenvalue weighted by Crippen LogP contribution is -2.26. The van der Waals surface area contributed by atoms with Gasteiger partial charge in [-0.3, -0.25) is 0 Å². The first-order chi connectivity index (χ1) is 7.01. The Balaban J connectivity index is 2.37. The van der Waals surface area contributed by atoms with Crippen molar-refractivity contribution in [3.05, 3.63) is 34.9 Å². The number of hydrogen-bond acceptors (Lipinski definition) is 2. The second-order valence-electron chi connectivity index (χ2n) is 4.27. The molecular formula is C12H15NO2. The van der Waals surface area contributed by atoms with Gasteiger partial charge in [0.15, 0.2) is 5.60 Å². The largest absolute Gasteiger partial charge is 0.436 e. The quantitative estimate of drug-likeness (QED) is 0.763. The summed E-state index contributed by atoms with van der Waals surface area (Å²) in [6.07, 6.45) is -0.337. The number of ether oxygens (including phenoxy) is 1. The second kappa shape index (κ2) is 3.26. The topological polar surface area (TPSA) is 38.3 Å². The Morgan fingerprint density at radius 1 is 1.33 bits per heavy atom. The first-order valence-electron chi connectivity index (χ1n) is 5.06. The molecule has 3 heteroatoms. The minimum Gasteiger partial charge on any atom is -0.436 e. The summed E-state index contributed by atoms with van der Waals surface area (Å²) in [6, 6.07) is 6.15. The molecule has 1 aliphatic rings. The van der Waals surface area contributed by atoms with Crippen molar-refractivity contribution in [3.8, 4) is 0 Å². The normalized spacial score (nSPS) is 24.9. The smallest absolute Gasteiger partial charge is 0.408 e. The first kappa shape index (κ1) is 10.0. The highest BCUT2D eigenvalue weighted by Gasteiger charge is 2.37. The zero-order chi connectivity index (χ0) is 11.1. The summed E-state index contributed by atoms with van der Waals surface area (Å²) < 4.78 is 5.28. The van der Waals surface area contributed by atoms with E-state index in [9.17, 15) is 4.79 Å². The molecule has 0 spiro atoms. The molecule has 1 aromatic carbocycles. The average Bonchev–Trinajstić information content (AvgIpc) is 2.52. The minimum absolute atomic E-state index is 0.337. The van der Waals surface area contributed by atoms with Crippen LogP contribution in [0.15, 0.2) is 18.2 Å². The second-order valence-corrected chi connectivity index (χ2v) is 4.27. The third-order valence-electron chi connectivity index (χ3n) is 3.01. The number of rotatable bonds is 1. The number of cyclic esters (lactones) is 1. The van der Waals surface area contributed by atoms with E-state index in [1.54, 1.807) is 0 Å². The third kappa shape index (κ3) is 1.69. The van der Waals surface area contributed by atoms with Crippen LogP contribution in [-0.4, -0.2) is 12.6 Å². The van der Waals surface area contributed by atoms with Gasteiger partial charge in [0.2, 0.25) is 0 Å². The summed E-state index contributed by atoms with van der Waals surface area (Å²) >= 11 is 0. The lowest BCUT2D eigenvalue weighted by Gasteiger charge is -2.22. The molecule has 1 atom stereocenters. The molecule has 1 aromatic rings. The summed E-state index contributed by atoms with van der Waals surface area (Å²) in [5.41, 5.74) is 3.00. The van der Waals surface area contributed by atoms with Gasteiger partial charge >= 0.3 is 6.09 Å². The van der Waals surface area contributed by atoms with Gasteiger partial charge in [-0.25, -0.2) is 4.79 Å². The van der Waals surface area contributed by atoms with E-state index in [0.717, 1.165) is 5.56 Å². The highest BCUT2D eigenvalue weighted by molar-refractivity contribution is 5.70. The Morgan fingerprint density at radius 3 is 2.60 bits per heavy atom. The van der Waals surface area contributed by atoms with Gasteiger partial charge in [0.25, 0.3) is 0 Å². The van der Waals surface area contributed by atoms with Gasteiger partial charge in [-0.05, 0) is 37.5 Å². The molecule has 1 unspecified atom stereocenters. The van der Waals surface area contributed by atoms with Crippen LogP contribution in [-0.2, 0) is 10.3 Å². The summed E-state index contributed by atoms with van der Waals surface area (Å²) in [7, 11) is 0. The van der Waals surface area contributed by atoms with Crippen LogP contribution in [0.3, 0.4) is 0 Å². The number of nitrogens with one attached hydrogen (secondary N) is 1. The van der Waals surface area contributed by atoms with Crippen molar-refractivity contribution < 1.29 is 9.53 Å². The van der Waals surface area contributed by atoms with Gasteiger partial charge in [0, 0.05) is 0 Å². The van der Waals surface area contributed by atoms with Gasteiger partial charge in [-0.1, -0.05) is 18.2 Å². The lowest BCUT2D eigenvalue weighted by atomic mass is 9.93. The van der Waals surface area contributed by atoms with Gasteiger partial charge in [0.1, 0.15) is 0 Å². The van der Waals surface area contributed by atoms with Crippen LogP contribution in [0.1, 0.15) is 23.6 Å². The van der Waals surface area contributed by atoms with E-state index in [2.05, 4.69) is 31.3 Å². The Labute approximate surface area is 89.4 Å². The molecule has 1 saturated heterocycles. The number of carbonyl (C=O) groups excluding carboxylic acids is 1. The fourth-order valence-corrected chi connectivity index (χ4v) is 1.75. The van der Waals surface area contributed by atoms with Crippen LogP contribution >= 0.6 is 0 Å². The van der Waals surface area contributed by atoms with Gasteiger partial charge in [-0.2, -0.15) is 0 Å². The number of alkyl carbamates (subject to hydrolysis) is 1. The van der Waals surface area contributed by atoms with Gasteiger partial charge in [-0.15, -0.1) is 0 Å². The van der Waals surface area contributed by atoms with Crippen molar-refractivity contribution in [2.75, 3.05) is 6.54 Å². The zero-order valence-electron chi connectivity index (χ0n) is 9.26. The van der Waals surface area contributed by atoms with Crippen molar-refractivity contribution >= 4 is 6.09 Å². The highest BCUT2D eigenvalue weighted by atomic mass is 16.6. The van der Waals surface area contributed by atoms with E-state index in [-0.39, 0.29) is 6.09 Å². The summed E-state index contributed by atoms with van der Waals surface area (Å²) in [5, 5.41) is 2.68. The van der Waals surface area contributed by atoms with Crippen molar-refractivity contribution in [1.82, 2.24) is 5.32 Å². The van der Waals surface area contributed by atoms with E-state index >= 15 is 0 Å². The maximum absolute atomic E-state index is 11.1. The number of hydrogen-bond donors (Lipinski definition) is 1. The third-order valence-corrected chi connectivity index (χ3v) is 3.01. The predicted octanol–water partition coefficient (Wildman–Crippen LogP) is 2.26. The Morgan fingerprint density at radius 2 is 2.07 bits per heavy atom. The van der Waals surface area contributed by atoms with E-state index in [1.165, 1.54) is 11.1 Å². The van der Waals surface area contributed by atoms with Crippen LogP contribution in [0.4, 0.5) is 4.79 Å². The number of carbonyl (C=O) groups is 1. The van der Waals surface area contributed by atoms with E-state index < -0.39 is 5.60 Å². The van der Waals surface area contributed by atoms with Crippen LogP contribution in [0.2, 0.25) is 0 Å². The van der Waals surface area contributed by atoms with Gasteiger partial charge in [0.05, 0.1) is 6.54 Å². The lowest BCUT2D eigenvalue weighted by molar-refractivity contribution is 0.0704. The molecule has 0 aromatic heterocycles. The van der Waals surface area contributed by atoms with Crippen LogP contribution < -0.4 is 5.32 Å². The van der Waals surface area contributed by atoms with E-state index in [0.29, 0.717) is 6.54 Å². The molecule has 0 bridgehead atoms. The van der Waals surface area contributed by atoms with E-state index in [4.69, 9.17) is 4.74 Å². The Kier molecular flexibility index (Phi) is 2.18. The predicted molar refractivity (Wildman–Crippen MR) is 57.8 cm³/mol. The summed E-state index contributed by atoms with van der Waals surface area (Å²) in [6.45, 7) is 6.59. The van der Waals surface area contributed by atoms with Crippen LogP contribution in [0, 0.1) is 13.8 Å². The molecular weight excluding hydrogens is 190 g/mol. The SMILES string of the molecule is Cc1ccc(C2(C)CNC(=O)O2)cc1C. The van der Waals surface area contributed by atoms with Crippen LogP contribution in [0.25, 0.3) is 0 Å². The van der Waals surface area contributed by atoms with Crippen LogP contribution in [0.5, 0.6) is 0 Å². The van der Waals surface area contributed by atoms with Crippen molar-refractivity contribution in [2.24, 2.45) is 0 Å². The molecule has 3 nitrogen and oxygen atoms in total. The zero-order valence-corrected chi connectivity index (χ0v) is 9.26. The van der Waals surface area contributed by atoms with Crippen molar-refractivity contribution in [2.45, 2.75) is 26.4 Å². The molecule has 1 heterocycles. The molecule has 0 aliphatic carbocycles. The molecule has 0 saturated carbocycles. The van der Waals surface area contributed by atoms with Gasteiger partial charge < -0.3 is 10.1 Å². The molecule has 2 rings (SSSR count). The summed E-state index contributed by atoms with van der Waals surface area (Å²) in [5.74, 6) is 0. The molecule has 1 aliphatic heterocycles. The molecule has 0 radical (unpaired) electrons. The maximum Gasteiger partial charge on any atom is 0.408 e. The fourth-order valence-electron chi connectivity index (χ4n) is 1.75. The number of amides is 1. The standard InChI is InChI=1S/C12H15NO2/c1-8-4-5-10(6-9(8)2)12(3)7-13-11(14)15-12/h4-6H,7H2,1-3H3,(H,13,14). The maximum atomic E-state index is 11.1. The fraction of sp³-hybridized carbons (Fsp3) is 0.417.